The first-order valence-electron chi connectivity index (χ1n) is 20.3. The van der Waals surface area contributed by atoms with Gasteiger partial charge in [-0.05, 0) is 137 Å². The van der Waals surface area contributed by atoms with Crippen LogP contribution in [0.15, 0.2) is 168 Å². The first-order chi connectivity index (χ1) is 27.1. The topological polar surface area (TPSA) is 16.4 Å². The molecule has 7 aromatic carbocycles. The Morgan fingerprint density at radius 3 is 2.05 bits per heavy atom. The van der Waals surface area contributed by atoms with Crippen LogP contribution in [0.3, 0.4) is 0 Å². The summed E-state index contributed by atoms with van der Waals surface area (Å²) in [6.45, 7) is 5.07. The first kappa shape index (κ1) is 32.6. The van der Waals surface area contributed by atoms with Gasteiger partial charge in [0.2, 0.25) is 0 Å². The largest absolute Gasteiger partial charge is 0.456 e. The predicted octanol–water partition coefficient (Wildman–Crippen LogP) is 14.7. The van der Waals surface area contributed by atoms with Crippen molar-refractivity contribution >= 4 is 39.0 Å². The van der Waals surface area contributed by atoms with E-state index in [1.807, 2.05) is 12.1 Å². The number of furan rings is 1. The molecule has 3 aliphatic carbocycles. The van der Waals surface area contributed by atoms with E-state index >= 15 is 0 Å². The number of nitrogens with zero attached hydrogens (tertiary/aromatic N) is 1. The zero-order chi connectivity index (χ0) is 36.7. The van der Waals surface area contributed by atoms with Crippen molar-refractivity contribution in [2.24, 2.45) is 23.7 Å². The molecule has 8 aromatic rings. The van der Waals surface area contributed by atoms with Gasteiger partial charge in [0.05, 0.1) is 5.69 Å². The summed E-state index contributed by atoms with van der Waals surface area (Å²) in [6.07, 6.45) is 5.34. The molecule has 2 heteroatoms. The van der Waals surface area contributed by atoms with E-state index in [0.717, 1.165) is 45.0 Å². The zero-order valence-electron chi connectivity index (χ0n) is 31.6. The summed E-state index contributed by atoms with van der Waals surface area (Å²) >= 11 is 0. The maximum Gasteiger partial charge on any atom is 0.136 e. The van der Waals surface area contributed by atoms with Crippen LogP contribution in [-0.4, -0.2) is 0 Å². The summed E-state index contributed by atoms with van der Waals surface area (Å²) in [5.41, 5.74) is 16.1. The maximum atomic E-state index is 6.29. The van der Waals surface area contributed by atoms with Crippen molar-refractivity contribution in [3.8, 4) is 33.4 Å². The molecule has 11 rings (SSSR count). The summed E-state index contributed by atoms with van der Waals surface area (Å²) in [6, 6.07) is 60.6. The molecule has 0 radical (unpaired) electrons. The van der Waals surface area contributed by atoms with E-state index in [4.69, 9.17) is 4.42 Å². The van der Waals surface area contributed by atoms with Gasteiger partial charge in [0, 0.05) is 33.1 Å². The lowest BCUT2D eigenvalue weighted by Crippen LogP contribution is -2.49. The third-order valence-electron chi connectivity index (χ3n) is 13.6. The second-order valence-electron chi connectivity index (χ2n) is 16.7. The molecule has 0 saturated heterocycles. The number of fused-ring (bicyclic) bond motifs is 11. The van der Waals surface area contributed by atoms with Crippen LogP contribution in [0.5, 0.6) is 0 Å². The fourth-order valence-corrected chi connectivity index (χ4v) is 11.5. The molecular formula is C53H45NO. The Hall–Kier alpha value is -5.86. The van der Waals surface area contributed by atoms with Gasteiger partial charge in [0.25, 0.3) is 0 Å². The average Bonchev–Trinajstić information content (AvgIpc) is 3.74. The molecular weight excluding hydrogens is 667 g/mol. The SMILES string of the molecule is C[C@H]1C[C@@H]2C[C@H](C1)C1(c3ccccc3-c3ccc(N(c4ccc(-c5ccc6c(c5)oc5ccccc56)cc4)c4ccccc4-c4ccccc4)cc31)[C@H](C)C2. The van der Waals surface area contributed by atoms with Crippen molar-refractivity contribution < 1.29 is 4.42 Å². The van der Waals surface area contributed by atoms with Gasteiger partial charge in [-0.15, -0.1) is 0 Å². The van der Waals surface area contributed by atoms with Crippen LogP contribution in [-0.2, 0) is 5.41 Å². The normalized spacial score (nSPS) is 22.5. The van der Waals surface area contributed by atoms with Crippen LogP contribution < -0.4 is 4.90 Å². The monoisotopic (exact) mass is 711 g/mol. The Bertz CT molecular complexity index is 2720. The lowest BCUT2D eigenvalue weighted by Gasteiger charge is -2.54. The zero-order valence-corrected chi connectivity index (χ0v) is 31.6. The van der Waals surface area contributed by atoms with Crippen molar-refractivity contribution in [1.29, 1.82) is 0 Å². The average molecular weight is 712 g/mol. The van der Waals surface area contributed by atoms with Crippen LogP contribution in [0.4, 0.5) is 17.1 Å². The number of para-hydroxylation sites is 2. The minimum atomic E-state index is 0.0247. The van der Waals surface area contributed by atoms with E-state index in [2.05, 4.69) is 170 Å². The van der Waals surface area contributed by atoms with E-state index < -0.39 is 0 Å². The predicted molar refractivity (Wildman–Crippen MR) is 229 cm³/mol. The van der Waals surface area contributed by atoms with Crippen molar-refractivity contribution in [3.05, 3.63) is 175 Å². The minimum absolute atomic E-state index is 0.0247. The van der Waals surface area contributed by atoms with Gasteiger partial charge >= 0.3 is 0 Å². The molecule has 1 aromatic heterocycles. The number of anilines is 3. The van der Waals surface area contributed by atoms with Gasteiger partial charge < -0.3 is 9.32 Å². The molecule has 0 aliphatic heterocycles. The molecule has 0 N–H and O–H groups in total. The molecule has 2 saturated carbocycles. The fraction of sp³-hybridized carbons (Fsp3) is 0.208. The first-order valence-corrected chi connectivity index (χ1v) is 20.3. The summed E-state index contributed by atoms with van der Waals surface area (Å²) in [7, 11) is 0. The van der Waals surface area contributed by atoms with Crippen LogP contribution in [0.25, 0.3) is 55.3 Å². The van der Waals surface area contributed by atoms with Crippen molar-refractivity contribution in [3.63, 3.8) is 0 Å². The maximum absolute atomic E-state index is 6.29. The Labute approximate surface area is 324 Å². The van der Waals surface area contributed by atoms with Crippen LogP contribution in [0.1, 0.15) is 50.7 Å². The smallest absolute Gasteiger partial charge is 0.136 e. The Kier molecular flexibility index (Phi) is 7.46. The number of hydrogen-bond acceptors (Lipinski definition) is 2. The number of rotatable bonds is 5. The fourth-order valence-electron chi connectivity index (χ4n) is 11.5. The molecule has 5 atom stereocenters. The lowest BCUT2D eigenvalue weighted by atomic mass is 9.49. The van der Waals surface area contributed by atoms with E-state index in [0.29, 0.717) is 11.8 Å². The molecule has 55 heavy (non-hydrogen) atoms. The second-order valence-corrected chi connectivity index (χ2v) is 16.7. The molecule has 3 aliphatic rings. The number of hydrogen-bond donors (Lipinski definition) is 0. The molecule has 2 nitrogen and oxygen atoms in total. The molecule has 1 spiro atoms. The quantitative estimate of drug-likeness (QED) is 0.177. The van der Waals surface area contributed by atoms with Gasteiger partial charge in [-0.3, -0.25) is 0 Å². The summed E-state index contributed by atoms with van der Waals surface area (Å²) < 4.78 is 6.29. The molecule has 1 unspecified atom stereocenters. The van der Waals surface area contributed by atoms with E-state index in [-0.39, 0.29) is 5.41 Å². The third kappa shape index (κ3) is 5.00. The van der Waals surface area contributed by atoms with Crippen molar-refractivity contribution in [2.75, 3.05) is 4.90 Å². The highest BCUT2D eigenvalue weighted by atomic mass is 16.3. The molecule has 0 amide bonds. The minimum Gasteiger partial charge on any atom is -0.456 e. The standard InChI is InChI=1S/C53H45NO/c1-34-28-36-30-35(2)53(40(29-34)31-36)48-17-9-6-15-44(48)45-27-25-42(33-49(45)53)54(50-18-10-7-14-43(50)38-12-4-3-5-13-38)41-23-20-37(21-24-41)39-22-26-47-46-16-8-11-19-51(46)55-52(47)32-39/h3-27,32-36,40H,28-31H2,1-2H3/t34-,35+,36-,40-,53?/m0/s1. The van der Waals surface area contributed by atoms with Crippen LogP contribution >= 0.6 is 0 Å². The van der Waals surface area contributed by atoms with E-state index in [1.165, 1.54) is 70.4 Å². The van der Waals surface area contributed by atoms with Crippen LogP contribution in [0, 0.1) is 23.7 Å². The van der Waals surface area contributed by atoms with Gasteiger partial charge in [-0.1, -0.05) is 129 Å². The van der Waals surface area contributed by atoms with Gasteiger partial charge in [0.15, 0.2) is 0 Å². The highest BCUT2D eigenvalue weighted by molar-refractivity contribution is 6.06. The Morgan fingerprint density at radius 1 is 0.491 bits per heavy atom. The second kappa shape index (κ2) is 12.6. The van der Waals surface area contributed by atoms with Gasteiger partial charge in [0.1, 0.15) is 11.2 Å². The van der Waals surface area contributed by atoms with Gasteiger partial charge in [-0.25, -0.2) is 0 Å². The Morgan fingerprint density at radius 2 is 1.18 bits per heavy atom. The van der Waals surface area contributed by atoms with Crippen LogP contribution in [0.2, 0.25) is 0 Å². The summed E-state index contributed by atoms with van der Waals surface area (Å²) in [4.78, 5) is 2.51. The molecule has 2 fully saturated rings. The third-order valence-corrected chi connectivity index (χ3v) is 13.6. The summed E-state index contributed by atoms with van der Waals surface area (Å²) in [5.74, 6) is 2.84. The van der Waals surface area contributed by atoms with E-state index in [9.17, 15) is 0 Å². The van der Waals surface area contributed by atoms with E-state index in [1.54, 1.807) is 5.56 Å². The van der Waals surface area contributed by atoms with Crippen molar-refractivity contribution in [2.45, 2.75) is 44.9 Å². The lowest BCUT2D eigenvalue weighted by molar-refractivity contribution is 0.0426. The van der Waals surface area contributed by atoms with Crippen molar-refractivity contribution in [1.82, 2.24) is 0 Å². The highest BCUT2D eigenvalue weighted by Crippen LogP contribution is 2.65. The molecule has 2 bridgehead atoms. The highest BCUT2D eigenvalue weighted by Gasteiger charge is 2.56. The summed E-state index contributed by atoms with van der Waals surface area (Å²) in [5, 5.41) is 2.31. The Balaban J connectivity index is 1.08. The number of benzene rings is 7. The van der Waals surface area contributed by atoms with Gasteiger partial charge in [-0.2, -0.15) is 0 Å². The molecule has 268 valence electrons. The molecule has 1 heterocycles.